The van der Waals surface area contributed by atoms with Gasteiger partial charge in [0.1, 0.15) is 11.5 Å². The van der Waals surface area contributed by atoms with Gasteiger partial charge in [-0.05, 0) is 29.8 Å². The van der Waals surface area contributed by atoms with Gasteiger partial charge in [0.2, 0.25) is 0 Å². The first-order chi connectivity index (χ1) is 9.36. The van der Waals surface area contributed by atoms with Crippen LogP contribution in [0.4, 0.5) is 23.2 Å². The molecular weight excluding hydrogens is 296 g/mol. The molecule has 1 aromatic carbocycles. The first-order valence-electron chi connectivity index (χ1n) is 5.57. The summed E-state index contributed by atoms with van der Waals surface area (Å²) in [5.74, 6) is -0.545. The molecule has 2 aromatic rings. The molecule has 1 aromatic heterocycles. The van der Waals surface area contributed by atoms with Crippen LogP contribution in [0.2, 0.25) is 5.02 Å². The smallest absolute Gasteiger partial charge is 0.380 e. The van der Waals surface area contributed by atoms with Crippen LogP contribution >= 0.6 is 11.6 Å². The number of rotatable bonds is 3. The van der Waals surface area contributed by atoms with Crippen molar-refractivity contribution < 1.29 is 17.6 Å². The predicted octanol–water partition coefficient (Wildman–Crippen LogP) is 4.51. The van der Waals surface area contributed by atoms with E-state index in [9.17, 15) is 17.6 Å². The Morgan fingerprint density at radius 3 is 2.45 bits per heavy atom. The largest absolute Gasteiger partial charge is 0.433 e. The molecule has 0 unspecified atom stereocenters. The monoisotopic (exact) mass is 304 g/mol. The molecule has 0 saturated heterocycles. The Morgan fingerprint density at radius 1 is 1.15 bits per heavy atom. The van der Waals surface area contributed by atoms with E-state index in [1.165, 1.54) is 18.2 Å². The number of benzene rings is 1. The van der Waals surface area contributed by atoms with Gasteiger partial charge < -0.3 is 5.32 Å². The van der Waals surface area contributed by atoms with E-state index in [4.69, 9.17) is 11.6 Å². The van der Waals surface area contributed by atoms with Gasteiger partial charge >= 0.3 is 6.18 Å². The molecule has 0 atom stereocenters. The molecule has 0 aliphatic carbocycles. The third kappa shape index (κ3) is 3.60. The van der Waals surface area contributed by atoms with Crippen molar-refractivity contribution in [3.63, 3.8) is 0 Å². The van der Waals surface area contributed by atoms with Gasteiger partial charge in [0.05, 0.1) is 16.9 Å². The Labute approximate surface area is 117 Å². The van der Waals surface area contributed by atoms with Crippen molar-refractivity contribution in [2.24, 2.45) is 0 Å². The molecule has 0 amide bonds. The quantitative estimate of drug-likeness (QED) is 0.844. The van der Waals surface area contributed by atoms with Crippen molar-refractivity contribution in [2.75, 3.05) is 5.32 Å². The first-order valence-corrected chi connectivity index (χ1v) is 5.95. The second-order valence-corrected chi connectivity index (χ2v) is 4.44. The van der Waals surface area contributed by atoms with Crippen LogP contribution in [0.25, 0.3) is 0 Å². The molecule has 7 heteroatoms. The molecule has 0 saturated carbocycles. The Kier molecular flexibility index (Phi) is 4.13. The second kappa shape index (κ2) is 5.66. The molecule has 0 radical (unpaired) electrons. The molecule has 1 heterocycles. The van der Waals surface area contributed by atoms with Crippen LogP contribution < -0.4 is 5.32 Å². The number of hydrogen-bond acceptors (Lipinski definition) is 2. The fraction of sp³-hybridized carbons (Fsp3) is 0.154. The van der Waals surface area contributed by atoms with Gasteiger partial charge in [0.25, 0.3) is 0 Å². The van der Waals surface area contributed by atoms with E-state index in [0.29, 0.717) is 11.3 Å². The van der Waals surface area contributed by atoms with Crippen LogP contribution in [-0.4, -0.2) is 4.98 Å². The molecule has 0 fully saturated rings. The van der Waals surface area contributed by atoms with E-state index in [1.54, 1.807) is 6.07 Å². The standard InChI is InChI=1S/C13H9ClF4N2/c14-10-3-1-8(5-11(10)15)6-19-9-2-4-12(20-7-9)13(16,17)18/h1-5,7,19H,6H2. The number of pyridine rings is 1. The molecule has 2 nitrogen and oxygen atoms in total. The van der Waals surface area contributed by atoms with Crippen molar-refractivity contribution >= 4 is 17.3 Å². The average Bonchev–Trinajstić information content (AvgIpc) is 2.40. The molecule has 0 bridgehead atoms. The summed E-state index contributed by atoms with van der Waals surface area (Å²) >= 11 is 5.55. The van der Waals surface area contributed by atoms with Crippen molar-refractivity contribution in [1.82, 2.24) is 4.98 Å². The molecular formula is C13H9ClF4N2. The molecule has 0 aliphatic heterocycles. The summed E-state index contributed by atoms with van der Waals surface area (Å²) in [5, 5.41) is 2.87. The van der Waals surface area contributed by atoms with Crippen LogP contribution in [0.3, 0.4) is 0 Å². The summed E-state index contributed by atoms with van der Waals surface area (Å²) in [6.45, 7) is 0.251. The van der Waals surface area contributed by atoms with Gasteiger partial charge in [-0.1, -0.05) is 17.7 Å². The van der Waals surface area contributed by atoms with Crippen molar-refractivity contribution in [3.05, 3.63) is 58.6 Å². The Balaban J connectivity index is 2.02. The third-order valence-corrected chi connectivity index (χ3v) is 2.84. The van der Waals surface area contributed by atoms with Crippen LogP contribution in [-0.2, 0) is 12.7 Å². The maximum Gasteiger partial charge on any atom is 0.433 e. The highest BCUT2D eigenvalue weighted by Gasteiger charge is 2.31. The maximum absolute atomic E-state index is 13.2. The topological polar surface area (TPSA) is 24.9 Å². The van der Waals surface area contributed by atoms with Gasteiger partial charge in [-0.15, -0.1) is 0 Å². The summed E-state index contributed by atoms with van der Waals surface area (Å²) in [7, 11) is 0. The van der Waals surface area contributed by atoms with Gasteiger partial charge in [-0.2, -0.15) is 13.2 Å². The Hall–Kier alpha value is -1.82. The number of nitrogens with zero attached hydrogens (tertiary/aromatic N) is 1. The summed E-state index contributed by atoms with van der Waals surface area (Å²) in [6.07, 6.45) is -3.38. The first kappa shape index (κ1) is 14.6. The zero-order valence-electron chi connectivity index (χ0n) is 10.0. The SMILES string of the molecule is Fc1cc(CNc2ccc(C(F)(F)F)nc2)ccc1Cl. The number of anilines is 1. The van der Waals surface area contributed by atoms with E-state index in [1.807, 2.05) is 0 Å². The number of aromatic nitrogens is 1. The zero-order valence-corrected chi connectivity index (χ0v) is 10.8. The van der Waals surface area contributed by atoms with E-state index < -0.39 is 17.7 Å². The van der Waals surface area contributed by atoms with E-state index in [2.05, 4.69) is 10.3 Å². The zero-order chi connectivity index (χ0) is 14.8. The predicted molar refractivity (Wildman–Crippen MR) is 68.0 cm³/mol. The lowest BCUT2D eigenvalue weighted by Gasteiger charge is -2.09. The van der Waals surface area contributed by atoms with Crippen LogP contribution in [0, 0.1) is 5.82 Å². The summed E-state index contributed by atoms with van der Waals surface area (Å²) < 4.78 is 50.1. The minimum absolute atomic E-state index is 0.0185. The number of hydrogen-bond donors (Lipinski definition) is 1. The van der Waals surface area contributed by atoms with Crippen LogP contribution in [0.1, 0.15) is 11.3 Å². The summed E-state index contributed by atoms with van der Waals surface area (Å²) in [6, 6.07) is 6.44. The maximum atomic E-state index is 13.2. The Bertz CT molecular complexity index is 596. The van der Waals surface area contributed by atoms with Gasteiger partial charge in [0.15, 0.2) is 0 Å². The van der Waals surface area contributed by atoms with E-state index >= 15 is 0 Å². The molecule has 0 aliphatic rings. The number of alkyl halides is 3. The summed E-state index contributed by atoms with van der Waals surface area (Å²) in [4.78, 5) is 3.31. The molecule has 1 N–H and O–H groups in total. The average molecular weight is 305 g/mol. The van der Waals surface area contributed by atoms with Crippen LogP contribution in [0.5, 0.6) is 0 Å². The van der Waals surface area contributed by atoms with Gasteiger partial charge in [-0.25, -0.2) is 9.37 Å². The highest BCUT2D eigenvalue weighted by molar-refractivity contribution is 6.30. The van der Waals surface area contributed by atoms with E-state index in [0.717, 1.165) is 12.3 Å². The second-order valence-electron chi connectivity index (χ2n) is 4.03. The van der Waals surface area contributed by atoms with Crippen molar-refractivity contribution in [3.8, 4) is 0 Å². The molecule has 0 spiro atoms. The van der Waals surface area contributed by atoms with Crippen molar-refractivity contribution in [1.29, 1.82) is 0 Å². The molecule has 106 valence electrons. The summed E-state index contributed by atoms with van der Waals surface area (Å²) in [5.41, 5.74) is 0.0701. The molecule has 2 rings (SSSR count). The van der Waals surface area contributed by atoms with Gasteiger partial charge in [-0.3, -0.25) is 0 Å². The highest BCUT2D eigenvalue weighted by atomic mass is 35.5. The van der Waals surface area contributed by atoms with E-state index in [-0.39, 0.29) is 11.6 Å². The fourth-order valence-corrected chi connectivity index (χ4v) is 1.64. The third-order valence-electron chi connectivity index (χ3n) is 2.53. The lowest BCUT2D eigenvalue weighted by atomic mass is 10.2. The minimum Gasteiger partial charge on any atom is -0.380 e. The number of nitrogens with one attached hydrogen (secondary N) is 1. The van der Waals surface area contributed by atoms with Crippen LogP contribution in [0.15, 0.2) is 36.5 Å². The van der Waals surface area contributed by atoms with Crippen molar-refractivity contribution in [2.45, 2.75) is 12.7 Å². The number of halogens is 5. The minimum atomic E-state index is -4.46. The molecule has 20 heavy (non-hydrogen) atoms. The highest BCUT2D eigenvalue weighted by Crippen LogP contribution is 2.27. The normalized spacial score (nSPS) is 11.4. The lowest BCUT2D eigenvalue weighted by Crippen LogP contribution is -2.08. The fourth-order valence-electron chi connectivity index (χ4n) is 1.52. The van der Waals surface area contributed by atoms with Gasteiger partial charge in [0, 0.05) is 6.54 Å². The Morgan fingerprint density at radius 2 is 1.90 bits per heavy atom. The lowest BCUT2D eigenvalue weighted by molar-refractivity contribution is -0.141.